The van der Waals surface area contributed by atoms with E-state index in [9.17, 15) is 5.11 Å². The predicted octanol–water partition coefficient (Wildman–Crippen LogP) is 2.54. The Bertz CT molecular complexity index is 782. The molecule has 6 nitrogen and oxygen atoms in total. The van der Waals surface area contributed by atoms with Crippen LogP contribution in [0.1, 0.15) is 6.92 Å². The summed E-state index contributed by atoms with van der Waals surface area (Å²) in [5.41, 5.74) is 2.42. The van der Waals surface area contributed by atoms with Crippen LogP contribution in [0, 0.1) is 0 Å². The average molecular weight is 284 g/mol. The van der Waals surface area contributed by atoms with Crippen molar-refractivity contribution in [2.45, 2.75) is 6.92 Å². The highest BCUT2D eigenvalue weighted by Crippen LogP contribution is 2.31. The first-order valence-electron chi connectivity index (χ1n) is 6.68. The van der Waals surface area contributed by atoms with Crippen molar-refractivity contribution in [2.75, 3.05) is 19.0 Å². The fourth-order valence-corrected chi connectivity index (χ4v) is 2.19. The smallest absolute Gasteiger partial charge is 0.180 e. The molecular weight excluding hydrogens is 268 g/mol. The molecule has 0 radical (unpaired) electrons. The number of ether oxygens (including phenoxy) is 1. The fourth-order valence-electron chi connectivity index (χ4n) is 2.19. The quantitative estimate of drug-likeness (QED) is 0.770. The molecule has 0 saturated carbocycles. The third-order valence-electron chi connectivity index (χ3n) is 3.19. The minimum Gasteiger partial charge on any atom is -0.504 e. The highest BCUT2D eigenvalue weighted by molar-refractivity contribution is 5.70. The lowest BCUT2D eigenvalue weighted by Gasteiger charge is -2.10. The molecule has 0 unspecified atom stereocenters. The van der Waals surface area contributed by atoms with E-state index in [2.05, 4.69) is 15.3 Å². The third-order valence-corrected chi connectivity index (χ3v) is 3.19. The first kappa shape index (κ1) is 13.2. The maximum Gasteiger partial charge on any atom is 0.180 e. The van der Waals surface area contributed by atoms with Gasteiger partial charge in [-0.1, -0.05) is 0 Å². The van der Waals surface area contributed by atoms with Crippen LogP contribution in [0.3, 0.4) is 0 Å². The summed E-state index contributed by atoms with van der Waals surface area (Å²) >= 11 is 0. The topological polar surface area (TPSA) is 71.7 Å². The number of hydrogen-bond donors (Lipinski definition) is 2. The normalized spacial score (nSPS) is 10.8. The van der Waals surface area contributed by atoms with Gasteiger partial charge >= 0.3 is 0 Å². The molecule has 6 heteroatoms. The van der Waals surface area contributed by atoms with E-state index in [1.165, 1.54) is 7.11 Å². The summed E-state index contributed by atoms with van der Waals surface area (Å²) in [6, 6.07) is 5.16. The lowest BCUT2D eigenvalue weighted by Crippen LogP contribution is -2.03. The van der Waals surface area contributed by atoms with Crippen LogP contribution in [0.2, 0.25) is 0 Å². The monoisotopic (exact) mass is 284 g/mol. The number of phenolic OH excluding ortho intramolecular Hbond substituents is 1. The van der Waals surface area contributed by atoms with Crippen molar-refractivity contribution in [3.63, 3.8) is 0 Å². The van der Waals surface area contributed by atoms with Gasteiger partial charge in [0.05, 0.1) is 12.8 Å². The van der Waals surface area contributed by atoms with E-state index in [1.54, 1.807) is 24.4 Å². The van der Waals surface area contributed by atoms with Crippen LogP contribution in [0.25, 0.3) is 16.9 Å². The summed E-state index contributed by atoms with van der Waals surface area (Å²) < 4.78 is 7.06. The van der Waals surface area contributed by atoms with Gasteiger partial charge in [-0.25, -0.2) is 9.97 Å². The molecule has 0 bridgehead atoms. The number of aromatic hydroxyl groups is 1. The number of phenols is 1. The molecule has 0 aliphatic carbocycles. The zero-order valence-corrected chi connectivity index (χ0v) is 11.9. The van der Waals surface area contributed by atoms with Gasteiger partial charge in [-0.05, 0) is 25.1 Å². The first-order valence-corrected chi connectivity index (χ1v) is 6.68. The summed E-state index contributed by atoms with van der Waals surface area (Å²) in [5.74, 6) is 1.26. The summed E-state index contributed by atoms with van der Waals surface area (Å²) in [5, 5.41) is 12.9. The van der Waals surface area contributed by atoms with E-state index in [0.717, 1.165) is 29.3 Å². The molecule has 3 aromatic rings. The van der Waals surface area contributed by atoms with E-state index in [-0.39, 0.29) is 5.75 Å². The zero-order valence-electron chi connectivity index (χ0n) is 11.9. The number of rotatable bonds is 4. The molecule has 2 N–H and O–H groups in total. The number of nitrogens with zero attached hydrogens (tertiary/aromatic N) is 3. The third kappa shape index (κ3) is 2.35. The molecule has 0 aliphatic rings. The molecule has 108 valence electrons. The van der Waals surface area contributed by atoms with Crippen molar-refractivity contribution in [1.29, 1.82) is 0 Å². The molecule has 0 fully saturated rings. The lowest BCUT2D eigenvalue weighted by atomic mass is 10.1. The Morgan fingerprint density at radius 2 is 2.24 bits per heavy atom. The maximum absolute atomic E-state index is 9.69. The number of nitrogens with one attached hydrogen (secondary N) is 1. The van der Waals surface area contributed by atoms with E-state index < -0.39 is 0 Å². The van der Waals surface area contributed by atoms with Crippen molar-refractivity contribution in [2.24, 2.45) is 0 Å². The first-order chi connectivity index (χ1) is 10.2. The number of benzene rings is 1. The van der Waals surface area contributed by atoms with E-state index >= 15 is 0 Å². The van der Waals surface area contributed by atoms with Crippen LogP contribution >= 0.6 is 0 Å². The van der Waals surface area contributed by atoms with Gasteiger partial charge in [0, 0.05) is 30.7 Å². The summed E-state index contributed by atoms with van der Waals surface area (Å²) in [6.45, 7) is 2.77. The van der Waals surface area contributed by atoms with Crippen LogP contribution in [-0.4, -0.2) is 33.1 Å². The number of methoxy groups -OCH3 is 1. The summed E-state index contributed by atoms with van der Waals surface area (Å²) in [6.07, 6.45) is 5.51. The molecule has 2 aromatic heterocycles. The molecular formula is C15H16N4O2. The number of aromatic nitrogens is 3. The van der Waals surface area contributed by atoms with E-state index in [0.29, 0.717) is 5.75 Å². The lowest BCUT2D eigenvalue weighted by molar-refractivity contribution is 0.373. The molecule has 0 aliphatic heterocycles. The van der Waals surface area contributed by atoms with Gasteiger partial charge in [0.25, 0.3) is 0 Å². The maximum atomic E-state index is 9.69. The van der Waals surface area contributed by atoms with Gasteiger partial charge in [-0.2, -0.15) is 0 Å². The summed E-state index contributed by atoms with van der Waals surface area (Å²) in [7, 11) is 1.52. The van der Waals surface area contributed by atoms with E-state index in [4.69, 9.17) is 4.74 Å². The predicted molar refractivity (Wildman–Crippen MR) is 80.8 cm³/mol. The minimum atomic E-state index is 0.108. The highest BCUT2D eigenvalue weighted by Gasteiger charge is 2.10. The standard InChI is InChI=1S/C15H16N4O2/c1-3-16-14-15-17-6-7-19(15)9-11(18-14)10-4-5-12(20)13(8-10)21-2/h4-9,20H,3H2,1-2H3,(H,16,18). The number of anilines is 1. The zero-order chi connectivity index (χ0) is 14.8. The van der Waals surface area contributed by atoms with Gasteiger partial charge in [0.15, 0.2) is 23.0 Å². The van der Waals surface area contributed by atoms with Gasteiger partial charge in [0.1, 0.15) is 0 Å². The minimum absolute atomic E-state index is 0.108. The largest absolute Gasteiger partial charge is 0.504 e. The van der Waals surface area contributed by atoms with Crippen LogP contribution in [0.4, 0.5) is 5.82 Å². The molecule has 1 aromatic carbocycles. The molecule has 0 saturated heterocycles. The SMILES string of the molecule is CCNc1nc(-c2ccc(O)c(OC)c2)cn2ccnc12. The average Bonchev–Trinajstić information content (AvgIpc) is 2.96. The Morgan fingerprint density at radius 3 is 3.00 bits per heavy atom. The van der Waals surface area contributed by atoms with Crippen molar-refractivity contribution in [3.8, 4) is 22.8 Å². The van der Waals surface area contributed by atoms with Gasteiger partial charge in [0.2, 0.25) is 0 Å². The van der Waals surface area contributed by atoms with Gasteiger partial charge < -0.3 is 19.6 Å². The Hall–Kier alpha value is -2.76. The molecule has 0 amide bonds. The molecule has 3 rings (SSSR count). The second kappa shape index (κ2) is 5.32. The number of fused-ring (bicyclic) bond motifs is 1. The fraction of sp³-hybridized carbons (Fsp3) is 0.200. The van der Waals surface area contributed by atoms with Gasteiger partial charge in [-0.15, -0.1) is 0 Å². The van der Waals surface area contributed by atoms with Crippen molar-refractivity contribution < 1.29 is 9.84 Å². The van der Waals surface area contributed by atoms with Crippen LogP contribution in [-0.2, 0) is 0 Å². The molecule has 0 spiro atoms. The van der Waals surface area contributed by atoms with Crippen molar-refractivity contribution >= 4 is 11.5 Å². The van der Waals surface area contributed by atoms with Crippen molar-refractivity contribution in [3.05, 3.63) is 36.8 Å². The van der Waals surface area contributed by atoms with E-state index in [1.807, 2.05) is 23.7 Å². The number of hydrogen-bond acceptors (Lipinski definition) is 5. The molecule has 2 heterocycles. The molecule has 21 heavy (non-hydrogen) atoms. The second-order valence-corrected chi connectivity index (χ2v) is 4.55. The Balaban J connectivity index is 2.15. The Labute approximate surface area is 122 Å². The highest BCUT2D eigenvalue weighted by atomic mass is 16.5. The second-order valence-electron chi connectivity index (χ2n) is 4.55. The number of imidazole rings is 1. The van der Waals surface area contributed by atoms with Crippen LogP contribution < -0.4 is 10.1 Å². The van der Waals surface area contributed by atoms with Crippen molar-refractivity contribution in [1.82, 2.24) is 14.4 Å². The Kier molecular flexibility index (Phi) is 3.35. The van der Waals surface area contributed by atoms with Gasteiger partial charge in [-0.3, -0.25) is 0 Å². The summed E-state index contributed by atoms with van der Waals surface area (Å²) in [4.78, 5) is 8.90. The van der Waals surface area contributed by atoms with Crippen LogP contribution in [0.15, 0.2) is 36.8 Å². The van der Waals surface area contributed by atoms with Crippen LogP contribution in [0.5, 0.6) is 11.5 Å². The molecule has 0 atom stereocenters. The Morgan fingerprint density at radius 1 is 1.38 bits per heavy atom.